The van der Waals surface area contributed by atoms with Crippen LogP contribution in [0.1, 0.15) is 63.4 Å². The Morgan fingerprint density at radius 1 is 0.870 bits per heavy atom. The first kappa shape index (κ1) is 20.1. The zero-order valence-corrected chi connectivity index (χ0v) is 14.9. The largest absolute Gasteiger partial charge is 0.330 e. The van der Waals surface area contributed by atoms with Crippen molar-refractivity contribution in [3.63, 3.8) is 0 Å². The molecule has 132 valence electrons. The molecule has 0 aliphatic carbocycles. The molecule has 0 aromatic heterocycles. The summed E-state index contributed by atoms with van der Waals surface area (Å²) in [7, 11) is 4.72. The number of hydrogen-bond acceptors (Lipinski definition) is 3. The van der Waals surface area contributed by atoms with Crippen molar-refractivity contribution in [1.82, 2.24) is 0 Å². The molecule has 23 heavy (non-hydrogen) atoms. The fraction of sp³-hybridized carbons (Fsp3) is 0.684. The third-order valence-electron chi connectivity index (χ3n) is 4.40. The van der Waals surface area contributed by atoms with Crippen LogP contribution in [-0.2, 0) is 14.2 Å². The van der Waals surface area contributed by atoms with Gasteiger partial charge >= 0.3 is 0 Å². The van der Waals surface area contributed by atoms with E-state index in [1.807, 2.05) is 0 Å². The summed E-state index contributed by atoms with van der Waals surface area (Å²) in [6.45, 7) is 2.22. The smallest absolute Gasteiger partial charge is 0.289 e. The molecule has 0 aliphatic heterocycles. The summed E-state index contributed by atoms with van der Waals surface area (Å²) in [4.78, 5) is 0. The van der Waals surface area contributed by atoms with Gasteiger partial charge in [-0.25, -0.2) is 4.39 Å². The van der Waals surface area contributed by atoms with Crippen LogP contribution in [0.25, 0.3) is 0 Å². The van der Waals surface area contributed by atoms with Gasteiger partial charge in [0.15, 0.2) is 0 Å². The van der Waals surface area contributed by atoms with E-state index in [1.165, 1.54) is 44.2 Å². The van der Waals surface area contributed by atoms with Crippen molar-refractivity contribution in [2.24, 2.45) is 0 Å². The van der Waals surface area contributed by atoms with E-state index >= 15 is 0 Å². The number of rotatable bonds is 12. The van der Waals surface area contributed by atoms with Crippen LogP contribution in [0.3, 0.4) is 0 Å². The standard InChI is InChI=1S/C19H31FO3/c1-5-6-7-8-9-10-11-18(19(21-2,22-3)23-4)16-12-14-17(20)15-13-16/h12-15,18H,5-11H2,1-4H3. The minimum absolute atomic E-state index is 0.103. The lowest BCUT2D eigenvalue weighted by molar-refractivity contribution is -0.365. The van der Waals surface area contributed by atoms with Crippen LogP contribution in [0.2, 0.25) is 0 Å². The SMILES string of the molecule is CCCCCCCCC(c1ccc(F)cc1)C(OC)(OC)OC. The molecule has 0 aliphatic rings. The van der Waals surface area contributed by atoms with E-state index in [2.05, 4.69) is 6.92 Å². The second-order valence-corrected chi connectivity index (χ2v) is 5.88. The van der Waals surface area contributed by atoms with Gasteiger partial charge in [0, 0.05) is 21.3 Å². The van der Waals surface area contributed by atoms with Gasteiger partial charge in [0.25, 0.3) is 5.97 Å². The molecule has 0 radical (unpaired) electrons. The Morgan fingerprint density at radius 2 is 1.39 bits per heavy atom. The highest BCUT2D eigenvalue weighted by Gasteiger charge is 2.40. The van der Waals surface area contributed by atoms with E-state index in [1.54, 1.807) is 33.5 Å². The van der Waals surface area contributed by atoms with E-state index in [4.69, 9.17) is 14.2 Å². The third kappa shape index (κ3) is 5.87. The van der Waals surface area contributed by atoms with Gasteiger partial charge in [-0.1, -0.05) is 57.6 Å². The number of methoxy groups -OCH3 is 3. The second-order valence-electron chi connectivity index (χ2n) is 5.88. The van der Waals surface area contributed by atoms with Crippen LogP contribution in [0, 0.1) is 5.82 Å². The number of hydrogen-bond donors (Lipinski definition) is 0. The number of unbranched alkanes of at least 4 members (excludes halogenated alkanes) is 5. The van der Waals surface area contributed by atoms with Crippen LogP contribution < -0.4 is 0 Å². The number of benzene rings is 1. The quantitative estimate of drug-likeness (QED) is 0.388. The van der Waals surface area contributed by atoms with Crippen molar-refractivity contribution < 1.29 is 18.6 Å². The Bertz CT molecular complexity index is 407. The molecule has 4 heteroatoms. The Balaban J connectivity index is 2.78. The van der Waals surface area contributed by atoms with Gasteiger partial charge < -0.3 is 14.2 Å². The first-order valence-electron chi connectivity index (χ1n) is 8.54. The van der Waals surface area contributed by atoms with Crippen LogP contribution >= 0.6 is 0 Å². The third-order valence-corrected chi connectivity index (χ3v) is 4.40. The van der Waals surface area contributed by atoms with Crippen molar-refractivity contribution in [3.05, 3.63) is 35.6 Å². The molecule has 0 saturated carbocycles. The minimum Gasteiger partial charge on any atom is -0.330 e. The summed E-state index contributed by atoms with van der Waals surface area (Å²) >= 11 is 0. The predicted molar refractivity (Wildman–Crippen MR) is 90.9 cm³/mol. The van der Waals surface area contributed by atoms with Gasteiger partial charge in [-0.3, -0.25) is 0 Å². The summed E-state index contributed by atoms with van der Waals surface area (Å²) in [5.41, 5.74) is 0.963. The van der Waals surface area contributed by atoms with Crippen LogP contribution in [0.15, 0.2) is 24.3 Å². The average Bonchev–Trinajstić information content (AvgIpc) is 2.59. The van der Waals surface area contributed by atoms with Gasteiger partial charge in [-0.05, 0) is 24.1 Å². The maximum atomic E-state index is 13.2. The summed E-state index contributed by atoms with van der Waals surface area (Å²) in [5, 5.41) is 0. The number of ether oxygens (including phenoxy) is 3. The molecule has 0 fully saturated rings. The van der Waals surface area contributed by atoms with Gasteiger partial charge in [0.05, 0.1) is 5.92 Å². The summed E-state index contributed by atoms with van der Waals surface area (Å²) in [6, 6.07) is 6.50. The molecule has 0 spiro atoms. The minimum atomic E-state index is -1.14. The van der Waals surface area contributed by atoms with Crippen molar-refractivity contribution in [1.29, 1.82) is 0 Å². The molecular weight excluding hydrogens is 295 g/mol. The van der Waals surface area contributed by atoms with Gasteiger partial charge in [0.2, 0.25) is 0 Å². The van der Waals surface area contributed by atoms with E-state index in [-0.39, 0.29) is 11.7 Å². The normalized spacial score (nSPS) is 13.3. The molecule has 3 nitrogen and oxygen atoms in total. The topological polar surface area (TPSA) is 27.7 Å². The van der Waals surface area contributed by atoms with Crippen LogP contribution in [0.5, 0.6) is 0 Å². The monoisotopic (exact) mass is 326 g/mol. The molecule has 0 saturated heterocycles. The second kappa shape index (κ2) is 10.7. The van der Waals surface area contributed by atoms with Gasteiger partial charge in [-0.2, -0.15) is 0 Å². The molecule has 1 rings (SSSR count). The molecule has 0 bridgehead atoms. The van der Waals surface area contributed by atoms with Gasteiger partial charge in [0.1, 0.15) is 5.82 Å². The maximum Gasteiger partial charge on any atom is 0.289 e. The van der Waals surface area contributed by atoms with Crippen molar-refractivity contribution in [2.45, 2.75) is 63.8 Å². The van der Waals surface area contributed by atoms with E-state index in [9.17, 15) is 4.39 Å². The lowest BCUT2D eigenvalue weighted by Crippen LogP contribution is -2.42. The Labute approximate surface area is 140 Å². The Hall–Kier alpha value is -0.970. The van der Waals surface area contributed by atoms with Crippen LogP contribution in [0.4, 0.5) is 4.39 Å². The predicted octanol–water partition coefficient (Wildman–Crippen LogP) is 5.25. The molecule has 1 aromatic rings. The first-order chi connectivity index (χ1) is 11.1. The zero-order chi connectivity index (χ0) is 17.1. The lowest BCUT2D eigenvalue weighted by Gasteiger charge is -2.36. The molecular formula is C19H31FO3. The summed E-state index contributed by atoms with van der Waals surface area (Å²) < 4.78 is 29.8. The Morgan fingerprint density at radius 3 is 1.91 bits per heavy atom. The fourth-order valence-electron chi connectivity index (χ4n) is 3.05. The average molecular weight is 326 g/mol. The number of halogens is 1. The summed E-state index contributed by atoms with van der Waals surface area (Å²) in [5.74, 6) is -1.49. The van der Waals surface area contributed by atoms with Crippen molar-refractivity contribution in [2.75, 3.05) is 21.3 Å². The van der Waals surface area contributed by atoms with E-state index in [0.29, 0.717) is 0 Å². The maximum absolute atomic E-state index is 13.2. The molecule has 1 aromatic carbocycles. The zero-order valence-electron chi connectivity index (χ0n) is 14.9. The van der Waals surface area contributed by atoms with Crippen molar-refractivity contribution in [3.8, 4) is 0 Å². The highest BCUT2D eigenvalue weighted by atomic mass is 19.1. The van der Waals surface area contributed by atoms with E-state index in [0.717, 1.165) is 18.4 Å². The molecule has 1 unspecified atom stereocenters. The van der Waals surface area contributed by atoms with Gasteiger partial charge in [-0.15, -0.1) is 0 Å². The highest BCUT2D eigenvalue weighted by molar-refractivity contribution is 5.22. The lowest BCUT2D eigenvalue weighted by atomic mass is 9.90. The molecule has 0 N–H and O–H groups in total. The van der Waals surface area contributed by atoms with Crippen LogP contribution in [-0.4, -0.2) is 27.3 Å². The molecule has 0 amide bonds. The summed E-state index contributed by atoms with van der Waals surface area (Å²) in [6.07, 6.45) is 8.16. The molecule has 0 heterocycles. The van der Waals surface area contributed by atoms with Crippen molar-refractivity contribution >= 4 is 0 Å². The Kier molecular flexibility index (Phi) is 9.37. The highest BCUT2D eigenvalue weighted by Crippen LogP contribution is 2.37. The fourth-order valence-corrected chi connectivity index (χ4v) is 3.05. The first-order valence-corrected chi connectivity index (χ1v) is 8.54. The molecule has 1 atom stereocenters. The van der Waals surface area contributed by atoms with E-state index < -0.39 is 5.97 Å².